The highest BCUT2D eigenvalue weighted by Crippen LogP contribution is 2.33. The third-order valence-electron chi connectivity index (χ3n) is 5.74. The Morgan fingerprint density at radius 1 is 1.12 bits per heavy atom. The predicted molar refractivity (Wildman–Crippen MR) is 125 cm³/mol. The van der Waals surface area contributed by atoms with Crippen LogP contribution in [0.25, 0.3) is 16.9 Å². The second-order valence-corrected chi connectivity index (χ2v) is 7.97. The van der Waals surface area contributed by atoms with Crippen molar-refractivity contribution in [3.05, 3.63) is 71.2 Å². The molecule has 0 fully saturated rings. The largest absolute Gasteiger partial charge is 0.381 e. The van der Waals surface area contributed by atoms with Crippen LogP contribution < -0.4 is 16.4 Å². The zero-order valence-corrected chi connectivity index (χ0v) is 17.9. The van der Waals surface area contributed by atoms with Crippen LogP contribution in [0.3, 0.4) is 0 Å². The summed E-state index contributed by atoms with van der Waals surface area (Å²) in [6.07, 6.45) is 3.03. The van der Waals surface area contributed by atoms with Gasteiger partial charge in [0.2, 0.25) is 0 Å². The summed E-state index contributed by atoms with van der Waals surface area (Å²) in [5, 5.41) is 11.6. The average Bonchev–Trinajstić information content (AvgIpc) is 2.96. The van der Waals surface area contributed by atoms with Crippen molar-refractivity contribution in [2.24, 2.45) is 5.73 Å². The van der Waals surface area contributed by atoms with Crippen LogP contribution in [0.4, 0.5) is 11.5 Å². The van der Waals surface area contributed by atoms with Crippen LogP contribution in [0, 0.1) is 6.92 Å². The molecule has 0 bridgehead atoms. The molecular weight excluding hydrogens is 402 g/mol. The fraction of sp³-hybridized carbons (Fsp3) is 0.250. The number of fused-ring (bicyclic) bond motifs is 2. The third kappa shape index (κ3) is 3.64. The predicted octanol–water partition coefficient (Wildman–Crippen LogP) is 3.56. The van der Waals surface area contributed by atoms with Crippen LogP contribution in [0.15, 0.2) is 48.5 Å². The molecule has 1 aliphatic heterocycles. The van der Waals surface area contributed by atoms with Crippen molar-refractivity contribution in [2.75, 3.05) is 17.2 Å². The first-order chi connectivity index (χ1) is 15.6. The molecule has 0 unspecified atom stereocenters. The minimum Gasteiger partial charge on any atom is -0.381 e. The lowest BCUT2D eigenvalue weighted by Gasteiger charge is -2.16. The van der Waals surface area contributed by atoms with Crippen molar-refractivity contribution in [3.63, 3.8) is 0 Å². The number of nitrogens with zero attached hydrogens (tertiary/aromatic N) is 4. The molecule has 1 amide bonds. The van der Waals surface area contributed by atoms with Gasteiger partial charge in [0.1, 0.15) is 5.69 Å². The maximum absolute atomic E-state index is 11.9. The number of nitrogens with two attached hydrogens (primary N) is 1. The second-order valence-electron chi connectivity index (χ2n) is 7.97. The maximum atomic E-state index is 11.9. The van der Waals surface area contributed by atoms with Crippen molar-refractivity contribution in [3.8, 4) is 11.4 Å². The van der Waals surface area contributed by atoms with Crippen LogP contribution in [-0.2, 0) is 13.0 Å². The zero-order valence-electron chi connectivity index (χ0n) is 17.9. The SMILES string of the molecule is Cc1nn2c(C(N)=O)cccc2c1-c1nc2c(c(NCc3ccccc3)n1)NCCCC2. The number of nitrogens with one attached hydrogen (secondary N) is 2. The lowest BCUT2D eigenvalue weighted by atomic mass is 10.1. The Morgan fingerprint density at radius 3 is 2.78 bits per heavy atom. The Kier molecular flexibility index (Phi) is 5.18. The Hall–Kier alpha value is -3.94. The lowest BCUT2D eigenvalue weighted by molar-refractivity contribution is 0.0993. The van der Waals surface area contributed by atoms with Gasteiger partial charge in [0.05, 0.1) is 28.2 Å². The van der Waals surface area contributed by atoms with E-state index in [0.717, 1.165) is 59.8 Å². The van der Waals surface area contributed by atoms with Gasteiger partial charge in [0.25, 0.3) is 5.91 Å². The molecular formula is C24H25N7O. The van der Waals surface area contributed by atoms with Crippen molar-refractivity contribution in [1.29, 1.82) is 0 Å². The minimum absolute atomic E-state index is 0.329. The quantitative estimate of drug-likeness (QED) is 0.449. The Morgan fingerprint density at radius 2 is 1.97 bits per heavy atom. The molecule has 162 valence electrons. The van der Waals surface area contributed by atoms with E-state index in [9.17, 15) is 4.79 Å². The van der Waals surface area contributed by atoms with Gasteiger partial charge < -0.3 is 16.4 Å². The number of carbonyl (C=O) groups is 1. The fourth-order valence-corrected chi connectivity index (χ4v) is 4.17. The lowest BCUT2D eigenvalue weighted by Crippen LogP contribution is -2.16. The number of benzene rings is 1. The normalized spacial score (nSPS) is 13.3. The van der Waals surface area contributed by atoms with Gasteiger partial charge in [-0.25, -0.2) is 14.5 Å². The van der Waals surface area contributed by atoms with E-state index in [1.165, 1.54) is 5.56 Å². The summed E-state index contributed by atoms with van der Waals surface area (Å²) in [6.45, 7) is 3.45. The summed E-state index contributed by atoms with van der Waals surface area (Å²) in [4.78, 5) is 21.7. The number of hydrogen-bond acceptors (Lipinski definition) is 6. The first kappa shape index (κ1) is 20.0. The molecule has 8 nitrogen and oxygen atoms in total. The van der Waals surface area contributed by atoms with Gasteiger partial charge in [-0.15, -0.1) is 0 Å². The van der Waals surface area contributed by atoms with E-state index in [1.54, 1.807) is 16.6 Å². The Bertz CT molecular complexity index is 1300. The molecule has 0 aliphatic carbocycles. The highest BCUT2D eigenvalue weighted by Gasteiger charge is 2.22. The van der Waals surface area contributed by atoms with E-state index in [-0.39, 0.29) is 0 Å². The summed E-state index contributed by atoms with van der Waals surface area (Å²) in [6, 6.07) is 15.6. The molecule has 32 heavy (non-hydrogen) atoms. The van der Waals surface area contributed by atoms with Crippen molar-refractivity contribution in [1.82, 2.24) is 19.6 Å². The molecule has 3 aromatic heterocycles. The number of rotatable bonds is 5. The molecule has 0 spiro atoms. The van der Waals surface area contributed by atoms with E-state index in [0.29, 0.717) is 18.1 Å². The second kappa shape index (κ2) is 8.30. The van der Waals surface area contributed by atoms with Gasteiger partial charge in [0, 0.05) is 13.1 Å². The van der Waals surface area contributed by atoms with E-state index in [4.69, 9.17) is 15.7 Å². The van der Waals surface area contributed by atoms with Crippen LogP contribution in [-0.4, -0.2) is 32.0 Å². The fourth-order valence-electron chi connectivity index (χ4n) is 4.17. The molecule has 0 saturated heterocycles. The van der Waals surface area contributed by atoms with Gasteiger partial charge in [-0.2, -0.15) is 5.10 Å². The number of amides is 1. The summed E-state index contributed by atoms with van der Waals surface area (Å²) in [5.41, 5.74) is 11.3. The first-order valence-electron chi connectivity index (χ1n) is 10.8. The van der Waals surface area contributed by atoms with Crippen LogP contribution in [0.1, 0.15) is 40.3 Å². The maximum Gasteiger partial charge on any atom is 0.267 e. The van der Waals surface area contributed by atoms with Crippen LogP contribution in [0.2, 0.25) is 0 Å². The van der Waals surface area contributed by atoms with E-state index >= 15 is 0 Å². The van der Waals surface area contributed by atoms with Crippen LogP contribution in [0.5, 0.6) is 0 Å². The standard InChI is InChI=1S/C24H25N7O/c1-15-20(18-11-7-12-19(22(25)32)31(18)30-15)23-28-17-10-5-6-13-26-21(17)24(29-23)27-14-16-8-3-2-4-9-16/h2-4,7-9,11-12,26H,5-6,10,13-14H2,1H3,(H2,25,32)(H,27,28,29). The highest BCUT2D eigenvalue weighted by molar-refractivity contribution is 5.93. The van der Waals surface area contributed by atoms with Crippen molar-refractivity contribution >= 4 is 22.9 Å². The number of anilines is 2. The van der Waals surface area contributed by atoms with Gasteiger partial charge in [-0.3, -0.25) is 4.79 Å². The van der Waals surface area contributed by atoms with Crippen molar-refractivity contribution < 1.29 is 4.79 Å². The number of aromatic nitrogens is 4. The molecule has 1 aliphatic rings. The molecule has 0 saturated carbocycles. The van der Waals surface area contributed by atoms with E-state index in [2.05, 4.69) is 27.9 Å². The zero-order chi connectivity index (χ0) is 22.1. The number of primary amides is 1. The van der Waals surface area contributed by atoms with Gasteiger partial charge in [-0.05, 0) is 43.9 Å². The highest BCUT2D eigenvalue weighted by atomic mass is 16.1. The smallest absolute Gasteiger partial charge is 0.267 e. The Labute approximate surface area is 185 Å². The number of carbonyl (C=O) groups excluding carboxylic acids is 1. The van der Waals surface area contributed by atoms with Gasteiger partial charge in [0.15, 0.2) is 11.6 Å². The molecule has 0 radical (unpaired) electrons. The molecule has 0 atom stereocenters. The van der Waals surface area contributed by atoms with Gasteiger partial charge in [-0.1, -0.05) is 36.4 Å². The molecule has 1 aromatic carbocycles. The number of pyridine rings is 1. The van der Waals surface area contributed by atoms with Crippen molar-refractivity contribution in [2.45, 2.75) is 32.7 Å². The first-order valence-corrected chi connectivity index (χ1v) is 10.8. The molecule has 5 rings (SSSR count). The number of aryl methyl sites for hydroxylation is 2. The molecule has 4 heterocycles. The average molecular weight is 428 g/mol. The summed E-state index contributed by atoms with van der Waals surface area (Å²) < 4.78 is 1.58. The molecule has 8 heteroatoms. The minimum atomic E-state index is -0.526. The third-order valence-corrected chi connectivity index (χ3v) is 5.74. The molecule has 4 N–H and O–H groups in total. The molecule has 4 aromatic rings. The Balaban J connectivity index is 1.63. The summed E-state index contributed by atoms with van der Waals surface area (Å²) in [5.74, 6) is 0.847. The van der Waals surface area contributed by atoms with Gasteiger partial charge >= 0.3 is 0 Å². The van der Waals surface area contributed by atoms with Crippen LogP contribution >= 0.6 is 0 Å². The monoisotopic (exact) mass is 427 g/mol. The van der Waals surface area contributed by atoms with E-state index < -0.39 is 5.91 Å². The number of hydrogen-bond donors (Lipinski definition) is 3. The summed E-state index contributed by atoms with van der Waals surface area (Å²) in [7, 11) is 0. The topological polar surface area (TPSA) is 110 Å². The van der Waals surface area contributed by atoms with E-state index in [1.807, 2.05) is 31.2 Å². The summed E-state index contributed by atoms with van der Waals surface area (Å²) >= 11 is 0.